The maximum absolute atomic E-state index is 14.8. The first kappa shape index (κ1) is 25.9. The number of nitrogens with zero attached hydrogens (tertiary/aromatic N) is 3. The number of hydrogen-bond donors (Lipinski definition) is 4. The van der Waals surface area contributed by atoms with Gasteiger partial charge in [0.1, 0.15) is 11.6 Å². The van der Waals surface area contributed by atoms with Crippen molar-refractivity contribution in [3.05, 3.63) is 65.2 Å². The predicted octanol–water partition coefficient (Wildman–Crippen LogP) is 4.00. The van der Waals surface area contributed by atoms with Gasteiger partial charge in [-0.3, -0.25) is 20.4 Å². The van der Waals surface area contributed by atoms with Crippen LogP contribution in [0.1, 0.15) is 62.4 Å². The van der Waals surface area contributed by atoms with Gasteiger partial charge in [0, 0.05) is 18.2 Å². The van der Waals surface area contributed by atoms with Gasteiger partial charge in [-0.1, -0.05) is 32.9 Å². The van der Waals surface area contributed by atoms with E-state index in [-0.39, 0.29) is 29.0 Å². The van der Waals surface area contributed by atoms with E-state index in [1.165, 1.54) is 17.0 Å². The van der Waals surface area contributed by atoms with Crippen molar-refractivity contribution in [3.63, 3.8) is 0 Å². The molecule has 2 aliphatic heterocycles. The molecule has 1 aliphatic carbocycles. The number of halogens is 2. The van der Waals surface area contributed by atoms with Crippen molar-refractivity contribution in [2.45, 2.75) is 58.5 Å². The number of guanidine groups is 1. The molecule has 3 amide bonds. The van der Waals surface area contributed by atoms with Crippen LogP contribution in [0.2, 0.25) is 0 Å². The van der Waals surface area contributed by atoms with Crippen LogP contribution < -0.4 is 26.7 Å². The standard InChI is InChI=1S/C27H33F2N7O2/c1-26(2,3)19-10-12-27(13-11-19)16-35(22-9-8-20(28)14-21(22)29)25(38)36(27)15-17-4-6-18(7-5-17)23(37)30-24-31-33-34-32-24/h4-9,14,19,33-34H,10-13,15-16H2,1-3H3,(H2,30,31,32,37). The van der Waals surface area contributed by atoms with Gasteiger partial charge in [-0.2, -0.15) is 0 Å². The Labute approximate surface area is 220 Å². The Morgan fingerprint density at radius 2 is 1.84 bits per heavy atom. The molecule has 2 heterocycles. The van der Waals surface area contributed by atoms with E-state index in [1.807, 2.05) is 17.0 Å². The van der Waals surface area contributed by atoms with Gasteiger partial charge in [0.05, 0.1) is 17.8 Å². The SMILES string of the molecule is CC(C)(C)C1CCC2(CC1)CN(c1ccc(F)cc1F)C(=O)N2Cc1ccc(C(=O)NC2=NNNN2)cc1. The van der Waals surface area contributed by atoms with Crippen molar-refractivity contribution in [1.82, 2.24) is 26.7 Å². The van der Waals surface area contributed by atoms with Crippen LogP contribution in [0, 0.1) is 23.0 Å². The van der Waals surface area contributed by atoms with Crippen LogP contribution in [-0.2, 0) is 6.54 Å². The number of hydrazone groups is 1. The van der Waals surface area contributed by atoms with Crippen molar-refractivity contribution >= 4 is 23.6 Å². The molecule has 1 saturated heterocycles. The molecule has 1 spiro atoms. The highest BCUT2D eigenvalue weighted by Crippen LogP contribution is 2.47. The number of carbonyl (C=O) groups excluding carboxylic acids is 2. The number of benzene rings is 2. The molecule has 2 aromatic rings. The molecule has 0 unspecified atom stereocenters. The monoisotopic (exact) mass is 525 g/mol. The van der Waals surface area contributed by atoms with Crippen LogP contribution in [0.15, 0.2) is 47.6 Å². The lowest BCUT2D eigenvalue weighted by molar-refractivity contribution is 0.0631. The highest BCUT2D eigenvalue weighted by molar-refractivity contribution is 6.05. The molecular formula is C27H33F2N7O2. The molecule has 2 fully saturated rings. The van der Waals surface area contributed by atoms with Crippen LogP contribution in [0.5, 0.6) is 0 Å². The summed E-state index contributed by atoms with van der Waals surface area (Å²) in [5.41, 5.74) is 8.76. The Morgan fingerprint density at radius 3 is 2.45 bits per heavy atom. The summed E-state index contributed by atoms with van der Waals surface area (Å²) in [7, 11) is 0. The normalized spacial score (nSPS) is 23.3. The van der Waals surface area contributed by atoms with Gasteiger partial charge in [-0.15, -0.1) is 10.6 Å². The first-order chi connectivity index (χ1) is 18.1. The third-order valence-electron chi connectivity index (χ3n) is 8.02. The van der Waals surface area contributed by atoms with E-state index >= 15 is 0 Å². The minimum absolute atomic E-state index is 0.0932. The third kappa shape index (κ3) is 5.02. The van der Waals surface area contributed by atoms with Crippen LogP contribution in [0.3, 0.4) is 0 Å². The first-order valence-electron chi connectivity index (χ1n) is 12.8. The Kier molecular flexibility index (Phi) is 6.72. The van der Waals surface area contributed by atoms with Crippen LogP contribution in [-0.4, -0.2) is 34.9 Å². The average molecular weight is 526 g/mol. The molecule has 0 atom stereocenters. The maximum atomic E-state index is 14.8. The third-order valence-corrected chi connectivity index (χ3v) is 8.02. The second kappa shape index (κ2) is 9.86. The number of carbonyl (C=O) groups is 2. The molecule has 202 valence electrons. The summed E-state index contributed by atoms with van der Waals surface area (Å²) >= 11 is 0. The quantitative estimate of drug-likeness (QED) is 0.484. The molecule has 5 rings (SSSR count). The van der Waals surface area contributed by atoms with E-state index < -0.39 is 17.2 Å². The summed E-state index contributed by atoms with van der Waals surface area (Å²) < 4.78 is 28.4. The zero-order valence-corrected chi connectivity index (χ0v) is 21.8. The summed E-state index contributed by atoms with van der Waals surface area (Å²) in [4.78, 5) is 29.6. The molecule has 4 N–H and O–H groups in total. The Hall–Kier alpha value is -3.73. The van der Waals surface area contributed by atoms with E-state index in [1.54, 1.807) is 12.1 Å². The second-order valence-corrected chi connectivity index (χ2v) is 11.4. The molecule has 9 nitrogen and oxygen atoms in total. The predicted molar refractivity (Wildman–Crippen MR) is 140 cm³/mol. The summed E-state index contributed by atoms with van der Waals surface area (Å²) in [5.74, 6) is -0.976. The molecule has 0 radical (unpaired) electrons. The van der Waals surface area contributed by atoms with Gasteiger partial charge in [-0.05, 0) is 66.8 Å². The van der Waals surface area contributed by atoms with Gasteiger partial charge in [0.15, 0.2) is 0 Å². The number of hydrazine groups is 2. The number of rotatable bonds is 4. The van der Waals surface area contributed by atoms with Crippen LogP contribution >= 0.6 is 0 Å². The van der Waals surface area contributed by atoms with Crippen molar-refractivity contribution in [2.24, 2.45) is 16.4 Å². The van der Waals surface area contributed by atoms with Crippen molar-refractivity contribution < 1.29 is 18.4 Å². The van der Waals surface area contributed by atoms with E-state index in [9.17, 15) is 18.4 Å². The lowest BCUT2D eigenvalue weighted by Crippen LogP contribution is -2.50. The summed E-state index contributed by atoms with van der Waals surface area (Å²) in [5, 5.41) is 6.46. The molecule has 2 aromatic carbocycles. The van der Waals surface area contributed by atoms with E-state index in [4.69, 9.17) is 0 Å². The fourth-order valence-corrected chi connectivity index (χ4v) is 5.75. The first-order valence-corrected chi connectivity index (χ1v) is 12.8. The molecular weight excluding hydrogens is 492 g/mol. The van der Waals surface area contributed by atoms with Gasteiger partial charge >= 0.3 is 6.03 Å². The Bertz CT molecular complexity index is 1250. The van der Waals surface area contributed by atoms with Crippen molar-refractivity contribution in [1.29, 1.82) is 0 Å². The van der Waals surface area contributed by atoms with Crippen LogP contribution in [0.25, 0.3) is 0 Å². The number of anilines is 1. The van der Waals surface area contributed by atoms with Gasteiger partial charge in [0.2, 0.25) is 5.96 Å². The minimum Gasteiger partial charge on any atom is -0.313 e. The summed E-state index contributed by atoms with van der Waals surface area (Å²) in [6, 6.07) is 10.1. The average Bonchev–Trinajstić information content (AvgIpc) is 3.47. The van der Waals surface area contributed by atoms with Gasteiger partial charge < -0.3 is 4.90 Å². The van der Waals surface area contributed by atoms with E-state index in [0.29, 0.717) is 24.6 Å². The lowest BCUT2D eigenvalue weighted by atomic mass is 9.67. The molecule has 1 saturated carbocycles. The van der Waals surface area contributed by atoms with Gasteiger partial charge in [-0.25, -0.2) is 19.1 Å². The topological polar surface area (TPSA) is 101 Å². The number of nitrogens with one attached hydrogen (secondary N) is 4. The van der Waals surface area contributed by atoms with E-state index in [2.05, 4.69) is 47.7 Å². The fraction of sp³-hybridized carbons (Fsp3) is 0.444. The summed E-state index contributed by atoms with van der Waals surface area (Å²) in [6.07, 6.45) is 3.54. The Balaban J connectivity index is 1.38. The zero-order chi connectivity index (χ0) is 27.1. The fourth-order valence-electron chi connectivity index (χ4n) is 5.75. The highest BCUT2D eigenvalue weighted by Gasteiger charge is 2.52. The minimum atomic E-state index is -0.749. The lowest BCUT2D eigenvalue weighted by Gasteiger charge is -2.45. The Morgan fingerprint density at radius 1 is 1.13 bits per heavy atom. The van der Waals surface area contributed by atoms with Gasteiger partial charge in [0.25, 0.3) is 5.91 Å². The summed E-state index contributed by atoms with van der Waals surface area (Å²) in [6.45, 7) is 7.40. The number of urea groups is 1. The van der Waals surface area contributed by atoms with Crippen molar-refractivity contribution in [2.75, 3.05) is 11.4 Å². The molecule has 38 heavy (non-hydrogen) atoms. The molecule has 3 aliphatic rings. The maximum Gasteiger partial charge on any atom is 0.325 e. The van der Waals surface area contributed by atoms with Crippen LogP contribution in [0.4, 0.5) is 19.3 Å². The van der Waals surface area contributed by atoms with E-state index in [0.717, 1.165) is 37.3 Å². The van der Waals surface area contributed by atoms with Crippen molar-refractivity contribution in [3.8, 4) is 0 Å². The number of hydrogen-bond acceptors (Lipinski definition) is 6. The zero-order valence-electron chi connectivity index (χ0n) is 21.8. The highest BCUT2D eigenvalue weighted by atomic mass is 19.1. The smallest absolute Gasteiger partial charge is 0.313 e. The number of amides is 3. The molecule has 0 aromatic heterocycles. The molecule has 11 heteroatoms. The largest absolute Gasteiger partial charge is 0.325 e. The second-order valence-electron chi connectivity index (χ2n) is 11.4. The molecule has 0 bridgehead atoms.